The van der Waals surface area contributed by atoms with E-state index in [0.717, 1.165) is 15.9 Å². The number of ether oxygens (including phenoxy) is 11. The maximum absolute atomic E-state index is 14.9. The molecule has 0 spiro atoms. The summed E-state index contributed by atoms with van der Waals surface area (Å²) in [5, 5.41) is 38.9. The highest BCUT2D eigenvalue weighted by Crippen LogP contribution is 2.50. The van der Waals surface area contributed by atoms with Crippen LogP contribution in [0.1, 0.15) is 82.4 Å². The molecule has 5 saturated heterocycles. The highest BCUT2D eigenvalue weighted by Gasteiger charge is 2.63. The van der Waals surface area contributed by atoms with E-state index in [1.54, 1.807) is 48.5 Å². The van der Waals surface area contributed by atoms with Crippen molar-refractivity contribution >= 4 is 61.8 Å². The lowest BCUT2D eigenvalue weighted by Gasteiger charge is -2.51. The number of carbonyl (C=O) groups is 4. The van der Waals surface area contributed by atoms with Crippen molar-refractivity contribution in [3.05, 3.63) is 275 Å². The fourth-order valence-electron chi connectivity index (χ4n) is 17.2. The topological polar surface area (TPSA) is 354 Å². The zero-order valence-electron chi connectivity index (χ0n) is 65.2. The fourth-order valence-corrected chi connectivity index (χ4v) is 25.5. The van der Waals surface area contributed by atoms with E-state index in [1.165, 1.54) is 4.90 Å². The van der Waals surface area contributed by atoms with Gasteiger partial charge in [0.05, 0.1) is 50.1 Å². The van der Waals surface area contributed by atoms with Gasteiger partial charge in [-0.3, -0.25) is 4.90 Å². The maximum Gasteiger partial charge on any atom is 0.412 e. The van der Waals surface area contributed by atoms with Gasteiger partial charge in [-0.25, -0.2) is 19.2 Å². The van der Waals surface area contributed by atoms with Crippen molar-refractivity contribution in [1.29, 1.82) is 0 Å². The second kappa shape index (κ2) is 36.7. The molecular weight excluding hydrogens is 1520 g/mol. The molecular formula is C87H100N8O19Si2. The number of nitrogens with one attached hydrogen (secondary N) is 3. The number of fused-ring (bicyclic) bond motifs is 2. The predicted octanol–water partition coefficient (Wildman–Crippen LogP) is 9.39. The number of hydrogen-bond donors (Lipinski definition) is 7. The standard InChI is InChI=1S/C87H100N8O19Si2/c1-86(2,3)116(61-42-26-12-27-43-61,62-44-28-13-29-45-62)106-54-70-73(111-81-71(93-83(99)104-52-56-32-16-7-17-33-56)72(97)76-69(108-81)50-95(78(110-76)58-36-20-9-21-37-58)85(101)105-53-57-34-18-8-19-35-57)63(48-87(4,5)115(102,59-38-22-10-23-39-59)60-40-24-11-25-41-60)79(109-70)113-77-74(64(88)46-65-75(77)114-84(100)91-65)112-80-66(47-67(96)68(107-80)49-90-94-89)92-82(98)103-51-55-30-14-6-15-31-55/h6-45,63-81,96-97,102H,46-54,88H2,1-5H3,(H,91,100)(H,92,98)(H,93,99)/t63-,64+,65-,66-,67+,68-,69+,70-,71-,72-,73+,74-,75+,76-,77+,78?,79+,80-,81-/m1/s1. The first kappa shape index (κ1) is 82.6. The van der Waals surface area contributed by atoms with Gasteiger partial charge in [0.25, 0.3) is 16.6 Å². The van der Waals surface area contributed by atoms with Crippen molar-refractivity contribution in [2.24, 2.45) is 16.8 Å². The summed E-state index contributed by atoms with van der Waals surface area (Å²) in [4.78, 5) is 76.3. The Balaban J connectivity index is 0.911. The van der Waals surface area contributed by atoms with Crippen molar-refractivity contribution < 1.29 is 90.7 Å². The number of hydrogen-bond acceptors (Lipinski definition) is 21. The van der Waals surface area contributed by atoms with Gasteiger partial charge in [0.2, 0.25) is 0 Å². The average molecular weight is 1620 g/mol. The average Bonchev–Trinajstić information content (AvgIpc) is 1.20. The summed E-state index contributed by atoms with van der Waals surface area (Å²) in [5.74, 6) is -1.12. The molecule has 8 aromatic rings. The summed E-state index contributed by atoms with van der Waals surface area (Å²) in [6, 6.07) is 70.7. The smallest absolute Gasteiger partial charge is 0.412 e. The summed E-state index contributed by atoms with van der Waals surface area (Å²) in [7, 11) is -7.71. The monoisotopic (exact) mass is 1620 g/mol. The Morgan fingerprint density at radius 3 is 1.60 bits per heavy atom. The van der Waals surface area contributed by atoms with E-state index in [9.17, 15) is 39.7 Å². The van der Waals surface area contributed by atoms with Gasteiger partial charge in [-0.05, 0) is 65.9 Å². The lowest BCUT2D eigenvalue weighted by atomic mass is 9.84. The van der Waals surface area contributed by atoms with Crippen LogP contribution < -0.4 is 42.4 Å². The molecule has 19 atom stereocenters. The Morgan fingerprint density at radius 1 is 0.586 bits per heavy atom. The van der Waals surface area contributed by atoms with Gasteiger partial charge in [-0.1, -0.05) is 282 Å². The number of nitrogens with two attached hydrogens (primary N) is 1. The Hall–Kier alpha value is -9.90. The predicted molar refractivity (Wildman–Crippen MR) is 431 cm³/mol. The molecule has 27 nitrogen and oxygen atoms in total. The lowest BCUT2D eigenvalue weighted by Crippen LogP contribution is -2.70. The first-order valence-electron chi connectivity index (χ1n) is 39.3. The van der Waals surface area contributed by atoms with E-state index < -0.39 is 167 Å². The second-order valence-electron chi connectivity index (χ2n) is 31.9. The Labute approximate surface area is 675 Å². The number of aliphatic hydroxyl groups is 2. The van der Waals surface area contributed by atoms with Crippen molar-refractivity contribution in [2.45, 2.75) is 194 Å². The van der Waals surface area contributed by atoms with Crippen LogP contribution in [0.2, 0.25) is 10.1 Å². The first-order valence-corrected chi connectivity index (χ1v) is 43.2. The minimum Gasteiger partial charge on any atom is -0.445 e. The zero-order chi connectivity index (χ0) is 81.1. The number of amides is 4. The van der Waals surface area contributed by atoms with Crippen molar-refractivity contribution in [1.82, 2.24) is 20.9 Å². The summed E-state index contributed by atoms with van der Waals surface area (Å²) >= 11 is 0. The van der Waals surface area contributed by atoms with Crippen LogP contribution in [-0.2, 0) is 76.4 Å². The van der Waals surface area contributed by atoms with Crippen LogP contribution in [0.5, 0.6) is 0 Å². The van der Waals surface area contributed by atoms with Crippen LogP contribution in [0.3, 0.4) is 0 Å². The maximum atomic E-state index is 14.9. The van der Waals surface area contributed by atoms with Crippen molar-refractivity contribution in [3.8, 4) is 0 Å². The Bertz CT molecular complexity index is 4520. The first-order chi connectivity index (χ1) is 56.1. The summed E-state index contributed by atoms with van der Waals surface area (Å²) < 4.78 is 82.9. The van der Waals surface area contributed by atoms with E-state index in [0.29, 0.717) is 27.1 Å². The number of rotatable bonds is 27. The number of azide groups is 1. The van der Waals surface area contributed by atoms with Gasteiger partial charge in [0.1, 0.15) is 62.5 Å². The molecule has 4 amide bonds. The van der Waals surface area contributed by atoms with Crippen LogP contribution in [0, 0.1) is 5.92 Å². The molecule has 6 aliphatic rings. The molecule has 0 radical (unpaired) electrons. The number of nitrogens with zero attached hydrogens (tertiary/aromatic N) is 4. The third kappa shape index (κ3) is 18.3. The van der Waals surface area contributed by atoms with Gasteiger partial charge < -0.3 is 93.2 Å². The number of aliphatic hydroxyl groups excluding tert-OH is 2. The van der Waals surface area contributed by atoms with E-state index in [4.69, 9.17) is 62.3 Å². The SMILES string of the molecule is CC(C)(C[C@H]1[C@H](O[C@@H]2[C@H]3OC(=O)N[C@@H]3C[C@H](N)[C@H]2O[C@H]2O[C@H](CN=[N+]=[N-])[C@@H](O)C[C@H]2NC(=O)OCc2ccccc2)O[C@H](CO[Si](c2ccccc2)(c2ccccc2)C(C)(C)C)[C@H]1O[C@H]1O[C@H]2CN(C(=O)OCc3ccccc3)C(c3ccccc3)O[C@H]2[C@H](O)[C@H]1NC(=O)OCc1ccccc1)[Si](O)(c1ccccc1)c1ccccc1. The van der Waals surface area contributed by atoms with E-state index in [-0.39, 0.29) is 58.8 Å². The van der Waals surface area contributed by atoms with Crippen molar-refractivity contribution in [2.75, 3.05) is 19.7 Å². The molecule has 29 heteroatoms. The molecule has 8 N–H and O–H groups in total. The zero-order valence-corrected chi connectivity index (χ0v) is 67.2. The summed E-state index contributed by atoms with van der Waals surface area (Å²) in [6.07, 6.45) is -22.6. The quantitative estimate of drug-likeness (QED) is 0.00828. The van der Waals surface area contributed by atoms with Crippen LogP contribution in [-0.4, -0.2) is 185 Å². The Morgan fingerprint density at radius 2 is 1.07 bits per heavy atom. The third-order valence-corrected chi connectivity index (χ3v) is 32.4. The molecule has 610 valence electrons. The molecule has 8 aromatic carbocycles. The van der Waals surface area contributed by atoms with Gasteiger partial charge in [0, 0.05) is 28.9 Å². The van der Waals surface area contributed by atoms with Crippen LogP contribution in [0.15, 0.2) is 248 Å². The molecule has 0 aromatic heterocycles. The fraction of sp³-hybridized carbons (Fsp3) is 0.402. The lowest BCUT2D eigenvalue weighted by molar-refractivity contribution is -0.321. The number of carbonyl (C=O) groups excluding carboxylic acids is 4. The molecule has 5 aliphatic heterocycles. The minimum atomic E-state index is -4.12. The highest BCUT2D eigenvalue weighted by atomic mass is 28.4. The summed E-state index contributed by atoms with van der Waals surface area (Å²) in [5.41, 5.74) is 19.6. The van der Waals surface area contributed by atoms with Crippen LogP contribution >= 0.6 is 0 Å². The molecule has 5 heterocycles. The molecule has 1 saturated carbocycles. The van der Waals surface area contributed by atoms with Gasteiger partial charge in [-0.15, -0.1) is 0 Å². The van der Waals surface area contributed by atoms with E-state index in [1.807, 2.05) is 184 Å². The van der Waals surface area contributed by atoms with Gasteiger partial charge >= 0.3 is 24.4 Å². The van der Waals surface area contributed by atoms with Crippen LogP contribution in [0.4, 0.5) is 19.2 Å². The van der Waals surface area contributed by atoms with E-state index in [2.05, 4.69) is 71.0 Å². The number of alkyl carbamates (subject to hydrolysis) is 3. The molecule has 0 bridgehead atoms. The van der Waals surface area contributed by atoms with Gasteiger partial charge in [-0.2, -0.15) is 0 Å². The highest BCUT2D eigenvalue weighted by molar-refractivity contribution is 6.99. The minimum absolute atomic E-state index is 0.0236. The summed E-state index contributed by atoms with van der Waals surface area (Å²) in [6.45, 7) is 9.17. The van der Waals surface area contributed by atoms with E-state index >= 15 is 0 Å². The molecule has 6 fully saturated rings. The molecule has 1 aliphatic carbocycles. The molecule has 1 unspecified atom stereocenters. The third-order valence-electron chi connectivity index (χ3n) is 22.9. The molecule has 14 rings (SSSR count). The van der Waals surface area contributed by atoms with Crippen LogP contribution in [0.25, 0.3) is 10.4 Å². The van der Waals surface area contributed by atoms with Gasteiger partial charge in [0.15, 0.2) is 31.2 Å². The molecule has 116 heavy (non-hydrogen) atoms. The number of benzene rings is 8. The second-order valence-corrected chi connectivity index (χ2v) is 40.2. The van der Waals surface area contributed by atoms with Crippen molar-refractivity contribution in [3.63, 3.8) is 0 Å². The Kier molecular flexibility index (Phi) is 26.2. The largest absolute Gasteiger partial charge is 0.445 e. The normalized spacial score (nSPS) is 28.0.